The van der Waals surface area contributed by atoms with Crippen LogP contribution in [0.5, 0.6) is 5.75 Å². The van der Waals surface area contributed by atoms with Gasteiger partial charge >= 0.3 is 0 Å². The van der Waals surface area contributed by atoms with Crippen LogP contribution in [0.15, 0.2) is 12.1 Å². The van der Waals surface area contributed by atoms with Crippen LogP contribution < -0.4 is 15.0 Å². The quantitative estimate of drug-likeness (QED) is 0.884. The van der Waals surface area contributed by atoms with Crippen molar-refractivity contribution in [3.63, 3.8) is 0 Å². The molecule has 0 aliphatic carbocycles. The van der Waals surface area contributed by atoms with Gasteiger partial charge in [-0.1, -0.05) is 6.07 Å². The lowest BCUT2D eigenvalue weighted by atomic mass is 10.1. The molecular weight excluding hydrogens is 228 g/mol. The summed E-state index contributed by atoms with van der Waals surface area (Å²) in [6.45, 7) is 4.75. The summed E-state index contributed by atoms with van der Waals surface area (Å²) < 4.78 is 5.42. The van der Waals surface area contributed by atoms with E-state index < -0.39 is 0 Å². The van der Waals surface area contributed by atoms with Gasteiger partial charge in [0.2, 0.25) is 5.91 Å². The molecule has 1 heterocycles. The Bertz CT molecular complexity index is 471. The van der Waals surface area contributed by atoms with Gasteiger partial charge in [-0.05, 0) is 38.1 Å². The maximum absolute atomic E-state index is 12.1. The van der Waals surface area contributed by atoms with E-state index >= 15 is 0 Å². The standard InChI is InChI=1S/C14H20N2O2/c1-9-5-10(2)14(12(6-9)18-4)16-8-11(15-3)7-13(16)17/h5-6,11,15H,7-8H2,1-4H3. The second-order valence-electron chi connectivity index (χ2n) is 4.83. The van der Waals surface area contributed by atoms with E-state index in [0.717, 1.165) is 22.6 Å². The van der Waals surface area contributed by atoms with Crippen LogP contribution in [0.25, 0.3) is 0 Å². The Labute approximate surface area is 108 Å². The molecule has 0 bridgehead atoms. The van der Waals surface area contributed by atoms with Gasteiger partial charge in [-0.25, -0.2) is 0 Å². The van der Waals surface area contributed by atoms with Gasteiger partial charge in [0.25, 0.3) is 0 Å². The molecule has 1 aliphatic rings. The summed E-state index contributed by atoms with van der Waals surface area (Å²) in [5, 5.41) is 3.16. The van der Waals surface area contributed by atoms with Crippen molar-refractivity contribution in [2.45, 2.75) is 26.3 Å². The molecular formula is C14H20N2O2. The zero-order chi connectivity index (χ0) is 13.3. The van der Waals surface area contributed by atoms with Gasteiger partial charge in [-0.15, -0.1) is 0 Å². The van der Waals surface area contributed by atoms with Crippen molar-refractivity contribution in [2.75, 3.05) is 25.6 Å². The minimum Gasteiger partial charge on any atom is -0.495 e. The van der Waals surface area contributed by atoms with E-state index in [0.29, 0.717) is 13.0 Å². The molecule has 1 aromatic rings. The lowest BCUT2D eigenvalue weighted by Crippen LogP contribution is -2.30. The number of likely N-dealkylation sites (N-methyl/N-ethyl adjacent to an activating group) is 1. The molecule has 0 radical (unpaired) electrons. The Morgan fingerprint density at radius 2 is 2.11 bits per heavy atom. The van der Waals surface area contributed by atoms with Gasteiger partial charge in [0, 0.05) is 19.0 Å². The summed E-state index contributed by atoms with van der Waals surface area (Å²) in [5.74, 6) is 0.928. The number of carbonyl (C=O) groups is 1. The number of benzene rings is 1. The molecule has 4 nitrogen and oxygen atoms in total. The van der Waals surface area contributed by atoms with E-state index in [1.807, 2.05) is 31.9 Å². The number of methoxy groups -OCH3 is 1. The average Bonchev–Trinajstić information content (AvgIpc) is 2.69. The summed E-state index contributed by atoms with van der Waals surface area (Å²) in [7, 11) is 3.54. The average molecular weight is 248 g/mol. The molecule has 0 saturated carbocycles. The van der Waals surface area contributed by atoms with Crippen LogP contribution in [0.1, 0.15) is 17.5 Å². The SMILES string of the molecule is CNC1CC(=O)N(c2c(C)cc(C)cc2OC)C1. The predicted octanol–water partition coefficient (Wildman–Crippen LogP) is 1.64. The minimum atomic E-state index is 0.152. The Morgan fingerprint density at radius 3 is 2.67 bits per heavy atom. The monoisotopic (exact) mass is 248 g/mol. The molecule has 1 fully saturated rings. The first kappa shape index (κ1) is 12.9. The molecule has 1 amide bonds. The highest BCUT2D eigenvalue weighted by atomic mass is 16.5. The third-order valence-electron chi connectivity index (χ3n) is 3.43. The Kier molecular flexibility index (Phi) is 3.57. The van der Waals surface area contributed by atoms with Gasteiger partial charge in [0.1, 0.15) is 5.75 Å². The number of ether oxygens (including phenoxy) is 1. The first-order chi connectivity index (χ1) is 8.56. The summed E-state index contributed by atoms with van der Waals surface area (Å²) >= 11 is 0. The third kappa shape index (κ3) is 2.20. The minimum absolute atomic E-state index is 0.152. The molecule has 0 spiro atoms. The van der Waals surface area contributed by atoms with E-state index in [9.17, 15) is 4.79 Å². The Balaban J connectivity index is 2.42. The molecule has 98 valence electrons. The molecule has 1 N–H and O–H groups in total. The van der Waals surface area contributed by atoms with E-state index in [1.54, 1.807) is 7.11 Å². The molecule has 18 heavy (non-hydrogen) atoms. The van der Waals surface area contributed by atoms with Crippen LogP contribution >= 0.6 is 0 Å². The smallest absolute Gasteiger partial charge is 0.228 e. The molecule has 1 aliphatic heterocycles. The first-order valence-electron chi connectivity index (χ1n) is 6.19. The van der Waals surface area contributed by atoms with Crippen LogP contribution in [0.2, 0.25) is 0 Å². The molecule has 4 heteroatoms. The predicted molar refractivity (Wildman–Crippen MR) is 72.3 cm³/mol. The summed E-state index contributed by atoms with van der Waals surface area (Å²) in [6, 6.07) is 4.28. The second-order valence-corrected chi connectivity index (χ2v) is 4.83. The number of hydrogen-bond acceptors (Lipinski definition) is 3. The summed E-state index contributed by atoms with van der Waals surface area (Å²) in [5.41, 5.74) is 3.13. The Hall–Kier alpha value is -1.55. The number of amides is 1. The molecule has 1 aromatic carbocycles. The summed E-state index contributed by atoms with van der Waals surface area (Å²) in [4.78, 5) is 13.9. The van der Waals surface area contributed by atoms with E-state index in [1.165, 1.54) is 0 Å². The molecule has 2 rings (SSSR count). The van der Waals surface area contributed by atoms with Gasteiger partial charge in [-0.2, -0.15) is 0 Å². The number of nitrogens with one attached hydrogen (secondary N) is 1. The number of rotatable bonds is 3. The molecule has 1 saturated heterocycles. The van der Waals surface area contributed by atoms with E-state index in [2.05, 4.69) is 11.4 Å². The molecule has 1 atom stereocenters. The largest absolute Gasteiger partial charge is 0.495 e. The van der Waals surface area contributed by atoms with Crippen LogP contribution in [-0.4, -0.2) is 32.7 Å². The van der Waals surface area contributed by atoms with Gasteiger partial charge in [0.05, 0.1) is 12.8 Å². The van der Waals surface area contributed by atoms with Crippen LogP contribution in [0.4, 0.5) is 5.69 Å². The van der Waals surface area contributed by atoms with Crippen molar-refractivity contribution < 1.29 is 9.53 Å². The van der Waals surface area contributed by atoms with Crippen molar-refractivity contribution in [3.05, 3.63) is 23.3 Å². The van der Waals surface area contributed by atoms with Gasteiger partial charge in [-0.3, -0.25) is 4.79 Å². The lowest BCUT2D eigenvalue weighted by Gasteiger charge is -2.22. The topological polar surface area (TPSA) is 41.6 Å². The van der Waals surface area contributed by atoms with Crippen LogP contribution in [-0.2, 0) is 4.79 Å². The fourth-order valence-corrected chi connectivity index (χ4v) is 2.54. The highest BCUT2D eigenvalue weighted by Gasteiger charge is 2.32. The number of anilines is 1. The zero-order valence-electron chi connectivity index (χ0n) is 11.4. The molecule has 0 aromatic heterocycles. The van der Waals surface area contributed by atoms with Gasteiger partial charge < -0.3 is 15.0 Å². The first-order valence-corrected chi connectivity index (χ1v) is 6.19. The maximum Gasteiger partial charge on any atom is 0.228 e. The van der Waals surface area contributed by atoms with E-state index in [-0.39, 0.29) is 11.9 Å². The van der Waals surface area contributed by atoms with Crippen LogP contribution in [0, 0.1) is 13.8 Å². The maximum atomic E-state index is 12.1. The van der Waals surface area contributed by atoms with Crippen molar-refractivity contribution in [2.24, 2.45) is 0 Å². The summed E-state index contributed by atoms with van der Waals surface area (Å²) in [6.07, 6.45) is 0.549. The zero-order valence-corrected chi connectivity index (χ0v) is 11.4. The number of hydrogen-bond donors (Lipinski definition) is 1. The molecule has 1 unspecified atom stereocenters. The van der Waals surface area contributed by atoms with E-state index in [4.69, 9.17) is 4.74 Å². The number of aryl methyl sites for hydroxylation is 2. The highest BCUT2D eigenvalue weighted by Crippen LogP contribution is 2.35. The third-order valence-corrected chi connectivity index (χ3v) is 3.43. The van der Waals surface area contributed by atoms with Crippen molar-refractivity contribution in [1.82, 2.24) is 5.32 Å². The fraction of sp³-hybridized carbons (Fsp3) is 0.500. The fourth-order valence-electron chi connectivity index (χ4n) is 2.54. The number of nitrogens with zero attached hydrogens (tertiary/aromatic N) is 1. The lowest BCUT2D eigenvalue weighted by molar-refractivity contribution is -0.117. The van der Waals surface area contributed by atoms with Gasteiger partial charge in [0.15, 0.2) is 0 Å². The second kappa shape index (κ2) is 4.98. The highest BCUT2D eigenvalue weighted by molar-refractivity contribution is 5.98. The number of carbonyl (C=O) groups excluding carboxylic acids is 1. The van der Waals surface area contributed by atoms with Crippen LogP contribution in [0.3, 0.4) is 0 Å². The van der Waals surface area contributed by atoms with Crippen molar-refractivity contribution in [3.8, 4) is 5.75 Å². The normalized spacial score (nSPS) is 19.4. The van der Waals surface area contributed by atoms with Crippen molar-refractivity contribution in [1.29, 1.82) is 0 Å². The Morgan fingerprint density at radius 1 is 1.39 bits per heavy atom. The van der Waals surface area contributed by atoms with Crippen molar-refractivity contribution >= 4 is 11.6 Å².